The van der Waals surface area contributed by atoms with Gasteiger partial charge >= 0.3 is 13.6 Å². The number of esters is 1. The van der Waals surface area contributed by atoms with Crippen molar-refractivity contribution in [2.45, 2.75) is 53.2 Å². The van der Waals surface area contributed by atoms with Gasteiger partial charge in [-0.1, -0.05) is 18.2 Å². The van der Waals surface area contributed by atoms with E-state index >= 15 is 0 Å². The van der Waals surface area contributed by atoms with Crippen molar-refractivity contribution in [3.05, 3.63) is 35.9 Å². The Hall–Kier alpha value is -1.73. The monoisotopic (exact) mass is 469 g/mol. The molecule has 0 bridgehead atoms. The Labute approximate surface area is 190 Å². The van der Waals surface area contributed by atoms with E-state index in [9.17, 15) is 19.3 Å². The number of aliphatic hydroxyl groups excluding tert-OH is 1. The van der Waals surface area contributed by atoms with Gasteiger partial charge in [0.1, 0.15) is 12.4 Å². The van der Waals surface area contributed by atoms with Gasteiger partial charge in [-0.25, -0.2) is 0 Å². The van der Waals surface area contributed by atoms with Gasteiger partial charge in [0.25, 0.3) is 5.91 Å². The number of carbonyl (C=O) groups excluding carboxylic acids is 2. The van der Waals surface area contributed by atoms with Crippen LogP contribution in [0.3, 0.4) is 0 Å². The molecule has 0 saturated carbocycles. The van der Waals surface area contributed by atoms with E-state index in [2.05, 4.69) is 0 Å². The predicted octanol–water partition coefficient (Wildman–Crippen LogP) is 4.08. The van der Waals surface area contributed by atoms with Crippen molar-refractivity contribution in [2.24, 2.45) is 10.8 Å². The van der Waals surface area contributed by atoms with Gasteiger partial charge in [0.05, 0.1) is 30.7 Å². The fourth-order valence-corrected chi connectivity index (χ4v) is 6.56. The number of piperidine rings is 1. The second-order valence-electron chi connectivity index (χ2n) is 9.06. The molecule has 1 aliphatic heterocycles. The largest absolute Gasteiger partial charge is 0.464 e. The van der Waals surface area contributed by atoms with Crippen LogP contribution in [0, 0.1) is 10.8 Å². The Morgan fingerprint density at radius 3 is 2.25 bits per heavy atom. The van der Waals surface area contributed by atoms with Gasteiger partial charge in [-0.3, -0.25) is 14.2 Å². The smallest absolute Gasteiger partial charge is 0.353 e. The molecule has 1 amide bonds. The Morgan fingerprint density at radius 2 is 1.75 bits per heavy atom. The normalized spacial score (nSPS) is 21.9. The van der Waals surface area contributed by atoms with Gasteiger partial charge < -0.3 is 23.8 Å². The maximum Gasteiger partial charge on any atom is 0.353 e. The van der Waals surface area contributed by atoms with Crippen molar-refractivity contribution in [1.29, 1.82) is 0 Å². The fourth-order valence-electron chi connectivity index (χ4n) is 3.97. The minimum absolute atomic E-state index is 0.102. The van der Waals surface area contributed by atoms with Crippen LogP contribution in [-0.4, -0.2) is 60.6 Å². The summed E-state index contributed by atoms with van der Waals surface area (Å²) in [5.41, 5.74) is -1.51. The molecule has 0 aromatic heterocycles. The van der Waals surface area contributed by atoms with Gasteiger partial charge in [-0.05, 0) is 59.6 Å². The molecule has 180 valence electrons. The zero-order valence-corrected chi connectivity index (χ0v) is 20.6. The third-order valence-electron chi connectivity index (χ3n) is 5.53. The van der Waals surface area contributed by atoms with Gasteiger partial charge in [0.2, 0.25) is 0 Å². The number of hydrogen-bond acceptors (Lipinski definition) is 7. The molecule has 32 heavy (non-hydrogen) atoms. The Balaban J connectivity index is 2.55. The number of likely N-dealkylation sites (tertiary alicyclic amines) is 1. The first-order chi connectivity index (χ1) is 15.0. The number of hydrogen-bond donors (Lipinski definition) is 1. The average molecular weight is 470 g/mol. The molecule has 2 unspecified atom stereocenters. The number of benzene rings is 1. The second-order valence-corrected chi connectivity index (χ2v) is 11.1. The first-order valence-corrected chi connectivity index (χ1v) is 12.7. The minimum atomic E-state index is -3.91. The summed E-state index contributed by atoms with van der Waals surface area (Å²) in [5, 5.41) is 10.5. The van der Waals surface area contributed by atoms with E-state index in [-0.39, 0.29) is 25.7 Å². The molecule has 1 heterocycles. The zero-order chi connectivity index (χ0) is 24.0. The summed E-state index contributed by atoms with van der Waals surface area (Å²) >= 11 is 0. The number of aliphatic hydroxyl groups is 1. The Kier molecular flexibility index (Phi) is 9.06. The van der Waals surface area contributed by atoms with E-state index in [1.165, 1.54) is 4.90 Å². The van der Waals surface area contributed by atoms with Crippen molar-refractivity contribution in [3.8, 4) is 0 Å². The summed E-state index contributed by atoms with van der Waals surface area (Å²) in [4.78, 5) is 27.4. The first-order valence-electron chi connectivity index (χ1n) is 11.1. The molecule has 1 saturated heterocycles. The molecule has 1 N–H and O–H groups in total. The summed E-state index contributed by atoms with van der Waals surface area (Å²) < 4.78 is 30.9. The van der Waals surface area contributed by atoms with E-state index in [1.807, 2.05) is 0 Å². The highest BCUT2D eigenvalue weighted by Gasteiger charge is 2.57. The standard InChI is InChI=1S/C23H36NO7P/c1-6-30-32(28,31-7-2)20-23(16-25,17-29-21(27)22(3,4)5)14-11-15-24(20)19(26)18-12-9-8-10-13-18/h8-10,12-13,20,25H,6-7,11,14-17H2,1-5H3. The van der Waals surface area contributed by atoms with Crippen molar-refractivity contribution in [2.75, 3.05) is 33.0 Å². The van der Waals surface area contributed by atoms with Crippen molar-refractivity contribution >= 4 is 19.5 Å². The number of carbonyl (C=O) groups is 2. The van der Waals surface area contributed by atoms with Crippen LogP contribution in [0.5, 0.6) is 0 Å². The lowest BCUT2D eigenvalue weighted by molar-refractivity contribution is -0.160. The van der Waals surface area contributed by atoms with Crippen LogP contribution in [-0.2, 0) is 23.1 Å². The van der Waals surface area contributed by atoms with E-state index < -0.39 is 36.8 Å². The summed E-state index contributed by atoms with van der Waals surface area (Å²) in [5.74, 6) is -1.89. The van der Waals surface area contributed by atoms with Crippen LogP contribution in [0.15, 0.2) is 30.3 Å². The van der Waals surface area contributed by atoms with Crippen LogP contribution in [0.25, 0.3) is 0 Å². The van der Waals surface area contributed by atoms with E-state index in [4.69, 9.17) is 13.8 Å². The molecule has 1 aromatic rings. The quantitative estimate of drug-likeness (QED) is 0.429. The molecular weight excluding hydrogens is 433 g/mol. The maximum absolute atomic E-state index is 14.0. The van der Waals surface area contributed by atoms with Crippen molar-refractivity contribution in [1.82, 2.24) is 4.90 Å². The van der Waals surface area contributed by atoms with Crippen molar-refractivity contribution in [3.63, 3.8) is 0 Å². The molecule has 0 aliphatic carbocycles. The minimum Gasteiger partial charge on any atom is -0.464 e. The van der Waals surface area contributed by atoms with E-state index in [0.29, 0.717) is 24.9 Å². The number of nitrogens with zero attached hydrogens (tertiary/aromatic N) is 1. The van der Waals surface area contributed by atoms with Gasteiger partial charge in [-0.15, -0.1) is 0 Å². The number of ether oxygens (including phenoxy) is 1. The van der Waals surface area contributed by atoms with E-state index in [1.54, 1.807) is 65.0 Å². The SMILES string of the molecule is CCOP(=O)(OCC)C1N(C(=O)c2ccccc2)CCCC1(CO)COC(=O)C(C)(C)C. The van der Waals surface area contributed by atoms with Gasteiger partial charge in [-0.2, -0.15) is 0 Å². The Morgan fingerprint density at radius 1 is 1.16 bits per heavy atom. The summed E-state index contributed by atoms with van der Waals surface area (Å²) in [7, 11) is -3.91. The van der Waals surface area contributed by atoms with Crippen LogP contribution >= 0.6 is 7.60 Å². The third-order valence-corrected chi connectivity index (χ3v) is 8.20. The third kappa shape index (κ3) is 5.79. The molecule has 9 heteroatoms. The number of amides is 1. The predicted molar refractivity (Wildman–Crippen MR) is 121 cm³/mol. The lowest BCUT2D eigenvalue weighted by Gasteiger charge is -2.50. The molecule has 2 atom stereocenters. The topological polar surface area (TPSA) is 102 Å². The van der Waals surface area contributed by atoms with E-state index in [0.717, 1.165) is 0 Å². The highest BCUT2D eigenvalue weighted by Crippen LogP contribution is 2.62. The second kappa shape index (κ2) is 10.9. The fraction of sp³-hybridized carbons (Fsp3) is 0.652. The maximum atomic E-state index is 14.0. The van der Waals surface area contributed by atoms with Gasteiger partial charge in [0, 0.05) is 12.1 Å². The first kappa shape index (κ1) is 26.5. The van der Waals surface area contributed by atoms with Crippen LogP contribution in [0.1, 0.15) is 57.8 Å². The molecule has 1 aliphatic rings. The number of rotatable bonds is 9. The molecule has 8 nitrogen and oxygen atoms in total. The molecule has 1 fully saturated rings. The molecule has 2 rings (SSSR count). The molecule has 1 aromatic carbocycles. The summed E-state index contributed by atoms with van der Waals surface area (Å²) in [6.45, 7) is 8.45. The molecule has 0 spiro atoms. The zero-order valence-electron chi connectivity index (χ0n) is 19.7. The van der Waals surface area contributed by atoms with Crippen LogP contribution < -0.4 is 0 Å². The van der Waals surface area contributed by atoms with Crippen LogP contribution in [0.2, 0.25) is 0 Å². The molecule has 0 radical (unpaired) electrons. The summed E-state index contributed by atoms with van der Waals surface area (Å²) in [6, 6.07) is 8.67. The molecular formula is C23H36NO7P. The van der Waals surface area contributed by atoms with Crippen molar-refractivity contribution < 1.29 is 33.0 Å². The average Bonchev–Trinajstić information content (AvgIpc) is 2.76. The summed E-state index contributed by atoms with van der Waals surface area (Å²) in [6.07, 6.45) is 0.940. The highest BCUT2D eigenvalue weighted by atomic mass is 31.2. The lowest BCUT2D eigenvalue weighted by Crippen LogP contribution is -2.58. The lowest BCUT2D eigenvalue weighted by atomic mass is 9.80. The highest BCUT2D eigenvalue weighted by molar-refractivity contribution is 7.54. The Bertz CT molecular complexity index is 813. The van der Waals surface area contributed by atoms with Crippen LogP contribution in [0.4, 0.5) is 0 Å². The van der Waals surface area contributed by atoms with Gasteiger partial charge in [0.15, 0.2) is 0 Å².